The number of hydrogen-bond donors (Lipinski definition) is 1. The number of hydrogen-bond acceptors (Lipinski definition) is 2. The van der Waals surface area contributed by atoms with Gasteiger partial charge < -0.3 is 5.73 Å². The first kappa shape index (κ1) is 12.9. The molecule has 0 heterocycles. The van der Waals surface area contributed by atoms with Crippen LogP contribution in [0.5, 0.6) is 0 Å². The van der Waals surface area contributed by atoms with E-state index in [9.17, 15) is 0 Å². The van der Waals surface area contributed by atoms with Crippen LogP contribution in [0, 0.1) is 17.2 Å². The van der Waals surface area contributed by atoms with Crippen LogP contribution in [0.15, 0.2) is 29.8 Å². The molecule has 0 spiro atoms. The molecule has 0 amide bonds. The van der Waals surface area contributed by atoms with Crippen molar-refractivity contribution in [3.05, 3.63) is 41.0 Å². The Hall–Kier alpha value is -1.59. The van der Waals surface area contributed by atoms with Crippen molar-refractivity contribution in [3.8, 4) is 6.07 Å². The van der Waals surface area contributed by atoms with Gasteiger partial charge in [-0.3, -0.25) is 0 Å². The van der Waals surface area contributed by atoms with Gasteiger partial charge in [0.05, 0.1) is 11.6 Å². The molecule has 94 valence electrons. The number of rotatable bonds is 3. The Labute approximate surface area is 109 Å². The summed E-state index contributed by atoms with van der Waals surface area (Å²) in [5.74, 6) is 0.648. The second kappa shape index (κ2) is 6.37. The van der Waals surface area contributed by atoms with Gasteiger partial charge in [-0.1, -0.05) is 43.0 Å². The van der Waals surface area contributed by atoms with Crippen LogP contribution in [0.3, 0.4) is 0 Å². The first-order chi connectivity index (χ1) is 8.83. The molecule has 0 saturated heterocycles. The zero-order valence-electron chi connectivity index (χ0n) is 10.7. The van der Waals surface area contributed by atoms with Crippen molar-refractivity contribution in [1.29, 1.82) is 5.26 Å². The Morgan fingerprint density at radius 3 is 2.78 bits per heavy atom. The van der Waals surface area contributed by atoms with Gasteiger partial charge in [0.15, 0.2) is 0 Å². The van der Waals surface area contributed by atoms with Gasteiger partial charge in [-0.15, -0.1) is 0 Å². The third-order valence-corrected chi connectivity index (χ3v) is 3.73. The fraction of sp³-hybridized carbons (Fsp3) is 0.438. The monoisotopic (exact) mass is 240 g/mol. The molecule has 1 fully saturated rings. The summed E-state index contributed by atoms with van der Waals surface area (Å²) in [6, 6.07) is 9.91. The molecular formula is C16H20N2. The summed E-state index contributed by atoms with van der Waals surface area (Å²) in [6.07, 6.45) is 8.71. The Balaban J connectivity index is 2.19. The van der Waals surface area contributed by atoms with E-state index in [0.717, 1.165) is 5.56 Å². The number of benzene rings is 1. The molecule has 2 N–H and O–H groups in total. The summed E-state index contributed by atoms with van der Waals surface area (Å²) in [5.41, 5.74) is 9.04. The molecule has 0 unspecified atom stereocenters. The van der Waals surface area contributed by atoms with E-state index in [2.05, 4.69) is 12.1 Å². The topological polar surface area (TPSA) is 49.8 Å². The molecule has 0 bridgehead atoms. The first-order valence-electron chi connectivity index (χ1n) is 6.74. The fourth-order valence-electron chi connectivity index (χ4n) is 2.73. The third kappa shape index (κ3) is 3.21. The quantitative estimate of drug-likeness (QED) is 0.879. The van der Waals surface area contributed by atoms with Crippen molar-refractivity contribution >= 4 is 6.08 Å². The second-order valence-electron chi connectivity index (χ2n) is 5.00. The zero-order chi connectivity index (χ0) is 12.8. The summed E-state index contributed by atoms with van der Waals surface area (Å²) < 4.78 is 0. The van der Waals surface area contributed by atoms with Crippen molar-refractivity contribution in [2.45, 2.75) is 32.1 Å². The SMILES string of the molecule is N#Cc1cccc(C=C(CN)C2CCCCC2)c1. The van der Waals surface area contributed by atoms with Crippen molar-refractivity contribution < 1.29 is 0 Å². The van der Waals surface area contributed by atoms with E-state index in [1.807, 2.05) is 24.3 Å². The molecule has 0 radical (unpaired) electrons. The van der Waals surface area contributed by atoms with Crippen LogP contribution in [-0.2, 0) is 0 Å². The average Bonchev–Trinajstić information content (AvgIpc) is 2.46. The van der Waals surface area contributed by atoms with E-state index in [1.165, 1.54) is 37.7 Å². The van der Waals surface area contributed by atoms with E-state index in [-0.39, 0.29) is 0 Å². The lowest BCUT2D eigenvalue weighted by molar-refractivity contribution is 0.401. The van der Waals surface area contributed by atoms with Crippen molar-refractivity contribution in [3.63, 3.8) is 0 Å². The Morgan fingerprint density at radius 1 is 1.33 bits per heavy atom. The van der Waals surface area contributed by atoms with E-state index >= 15 is 0 Å². The molecule has 1 aromatic carbocycles. The lowest BCUT2D eigenvalue weighted by Gasteiger charge is -2.23. The molecule has 2 nitrogen and oxygen atoms in total. The summed E-state index contributed by atoms with van der Waals surface area (Å²) in [7, 11) is 0. The molecule has 1 aromatic rings. The minimum Gasteiger partial charge on any atom is -0.327 e. The van der Waals surface area contributed by atoms with Crippen LogP contribution in [0.1, 0.15) is 43.2 Å². The summed E-state index contributed by atoms with van der Waals surface area (Å²) >= 11 is 0. The Bertz CT molecular complexity index is 462. The lowest BCUT2D eigenvalue weighted by Crippen LogP contribution is -2.16. The summed E-state index contributed by atoms with van der Waals surface area (Å²) in [4.78, 5) is 0. The van der Waals surface area contributed by atoms with Crippen LogP contribution in [-0.4, -0.2) is 6.54 Å². The maximum absolute atomic E-state index is 8.91. The minimum absolute atomic E-state index is 0.626. The molecular weight excluding hydrogens is 220 g/mol. The van der Waals surface area contributed by atoms with Crippen molar-refractivity contribution in [1.82, 2.24) is 0 Å². The zero-order valence-corrected chi connectivity index (χ0v) is 10.7. The highest BCUT2D eigenvalue weighted by molar-refractivity contribution is 5.56. The van der Waals surface area contributed by atoms with Gasteiger partial charge in [0.1, 0.15) is 0 Å². The lowest BCUT2D eigenvalue weighted by atomic mass is 9.83. The van der Waals surface area contributed by atoms with E-state index < -0.39 is 0 Å². The second-order valence-corrected chi connectivity index (χ2v) is 5.00. The Kier molecular flexibility index (Phi) is 4.55. The summed E-state index contributed by atoms with van der Waals surface area (Å²) in [6.45, 7) is 0.626. The van der Waals surface area contributed by atoms with Gasteiger partial charge in [0.2, 0.25) is 0 Å². The highest BCUT2D eigenvalue weighted by Crippen LogP contribution is 2.30. The maximum Gasteiger partial charge on any atom is 0.0991 e. The van der Waals surface area contributed by atoms with E-state index in [1.54, 1.807) is 0 Å². The van der Waals surface area contributed by atoms with E-state index in [4.69, 9.17) is 11.0 Å². The van der Waals surface area contributed by atoms with Crippen LogP contribution < -0.4 is 5.73 Å². The van der Waals surface area contributed by atoms with Crippen LogP contribution in [0.2, 0.25) is 0 Å². The molecule has 0 atom stereocenters. The number of nitrogens with zero attached hydrogens (tertiary/aromatic N) is 1. The number of nitriles is 1. The highest BCUT2D eigenvalue weighted by Gasteiger charge is 2.16. The largest absolute Gasteiger partial charge is 0.327 e. The highest BCUT2D eigenvalue weighted by atomic mass is 14.5. The van der Waals surface area contributed by atoms with Crippen molar-refractivity contribution in [2.24, 2.45) is 11.7 Å². The van der Waals surface area contributed by atoms with E-state index in [0.29, 0.717) is 18.0 Å². The molecule has 1 aliphatic rings. The maximum atomic E-state index is 8.91. The number of nitrogens with two attached hydrogens (primary N) is 1. The first-order valence-corrected chi connectivity index (χ1v) is 6.74. The normalized spacial score (nSPS) is 17.4. The predicted molar refractivity (Wildman–Crippen MR) is 74.8 cm³/mol. The standard InChI is InChI=1S/C16H20N2/c17-11-14-6-4-5-13(9-14)10-16(12-18)15-7-2-1-3-8-15/h4-6,9-10,15H,1-3,7-8,12,18H2. The molecule has 0 aliphatic heterocycles. The van der Waals surface area contributed by atoms with Crippen LogP contribution >= 0.6 is 0 Å². The predicted octanol–water partition coefficient (Wildman–Crippen LogP) is 3.48. The smallest absolute Gasteiger partial charge is 0.0991 e. The van der Waals surface area contributed by atoms with Crippen molar-refractivity contribution in [2.75, 3.05) is 6.54 Å². The van der Waals surface area contributed by atoms with Gasteiger partial charge in [-0.2, -0.15) is 5.26 Å². The molecule has 2 rings (SSSR count). The fourth-order valence-corrected chi connectivity index (χ4v) is 2.73. The molecule has 0 aromatic heterocycles. The van der Waals surface area contributed by atoms with Gasteiger partial charge in [-0.05, 0) is 36.5 Å². The van der Waals surface area contributed by atoms with Crippen LogP contribution in [0.4, 0.5) is 0 Å². The molecule has 18 heavy (non-hydrogen) atoms. The Morgan fingerprint density at radius 2 is 2.11 bits per heavy atom. The third-order valence-electron chi connectivity index (χ3n) is 3.73. The van der Waals surface area contributed by atoms with Crippen LogP contribution in [0.25, 0.3) is 6.08 Å². The summed E-state index contributed by atoms with van der Waals surface area (Å²) in [5, 5.41) is 8.91. The minimum atomic E-state index is 0.626. The van der Waals surface area contributed by atoms with Gasteiger partial charge >= 0.3 is 0 Å². The van der Waals surface area contributed by atoms with Gasteiger partial charge in [0, 0.05) is 6.54 Å². The molecule has 2 heteroatoms. The van der Waals surface area contributed by atoms with Gasteiger partial charge in [0.25, 0.3) is 0 Å². The molecule has 1 saturated carbocycles. The van der Waals surface area contributed by atoms with Gasteiger partial charge in [-0.25, -0.2) is 0 Å². The molecule has 1 aliphatic carbocycles. The average molecular weight is 240 g/mol.